The van der Waals surface area contributed by atoms with Gasteiger partial charge in [0.1, 0.15) is 6.04 Å². The Morgan fingerprint density at radius 1 is 1.33 bits per heavy atom. The molecule has 5 nitrogen and oxygen atoms in total. The van der Waals surface area contributed by atoms with Crippen LogP contribution in [-0.4, -0.2) is 16.0 Å². The summed E-state index contributed by atoms with van der Waals surface area (Å²) in [5.74, 6) is 1.24. The van der Waals surface area contributed by atoms with Crippen molar-refractivity contribution in [1.82, 2.24) is 15.5 Å². The molecule has 2 aromatic rings. The van der Waals surface area contributed by atoms with E-state index in [1.54, 1.807) is 0 Å². The minimum Gasteiger partial charge on any atom is -0.344 e. The summed E-state index contributed by atoms with van der Waals surface area (Å²) in [5.41, 5.74) is 2.09. The number of amides is 1. The summed E-state index contributed by atoms with van der Waals surface area (Å²) >= 11 is 0. The van der Waals surface area contributed by atoms with Crippen LogP contribution < -0.4 is 5.32 Å². The topological polar surface area (TPSA) is 68.0 Å². The van der Waals surface area contributed by atoms with E-state index in [1.807, 2.05) is 38.1 Å². The van der Waals surface area contributed by atoms with Crippen LogP contribution in [0.2, 0.25) is 0 Å². The van der Waals surface area contributed by atoms with Crippen LogP contribution in [0.5, 0.6) is 0 Å². The van der Waals surface area contributed by atoms with Gasteiger partial charge in [-0.05, 0) is 26.7 Å². The Morgan fingerprint density at radius 2 is 2.05 bits per heavy atom. The number of aryl methyl sites for hydroxylation is 1. The molecule has 1 atom stereocenters. The second-order valence-electron chi connectivity index (χ2n) is 5.68. The van der Waals surface area contributed by atoms with E-state index in [0.717, 1.165) is 24.8 Å². The molecule has 1 saturated carbocycles. The molecule has 0 spiro atoms. The summed E-state index contributed by atoms with van der Waals surface area (Å²) in [7, 11) is 0. The van der Waals surface area contributed by atoms with Crippen molar-refractivity contribution in [1.29, 1.82) is 0 Å². The molecule has 21 heavy (non-hydrogen) atoms. The Bertz CT molecular complexity index is 629. The normalized spacial score (nSPS) is 16.3. The van der Waals surface area contributed by atoms with E-state index in [-0.39, 0.29) is 17.9 Å². The lowest BCUT2D eigenvalue weighted by Gasteiger charge is -2.25. The molecule has 3 rings (SSSR count). The zero-order valence-corrected chi connectivity index (χ0v) is 12.3. The highest BCUT2D eigenvalue weighted by Gasteiger charge is 2.27. The highest BCUT2D eigenvalue weighted by molar-refractivity contribution is 5.79. The van der Waals surface area contributed by atoms with Gasteiger partial charge in [-0.15, -0.1) is 0 Å². The number of carbonyl (C=O) groups excluding carboxylic acids is 1. The summed E-state index contributed by atoms with van der Waals surface area (Å²) in [5, 5.41) is 6.92. The second kappa shape index (κ2) is 5.68. The monoisotopic (exact) mass is 285 g/mol. The smallest absolute Gasteiger partial charge is 0.249 e. The molecule has 110 valence electrons. The number of hydrogen-bond acceptors (Lipinski definition) is 4. The minimum absolute atomic E-state index is 0.0869. The molecular formula is C16H19N3O2. The van der Waals surface area contributed by atoms with Crippen LogP contribution in [0.25, 0.3) is 11.4 Å². The van der Waals surface area contributed by atoms with E-state index in [4.69, 9.17) is 4.52 Å². The van der Waals surface area contributed by atoms with Gasteiger partial charge in [-0.1, -0.05) is 41.4 Å². The van der Waals surface area contributed by atoms with Crippen molar-refractivity contribution in [3.05, 3.63) is 35.7 Å². The van der Waals surface area contributed by atoms with Gasteiger partial charge in [-0.3, -0.25) is 4.79 Å². The van der Waals surface area contributed by atoms with Gasteiger partial charge >= 0.3 is 0 Å². The third kappa shape index (κ3) is 2.96. The molecule has 1 amide bonds. The lowest BCUT2D eigenvalue weighted by atomic mass is 9.84. The van der Waals surface area contributed by atoms with Gasteiger partial charge in [-0.25, -0.2) is 0 Å². The average Bonchev–Trinajstić information content (AvgIpc) is 2.87. The van der Waals surface area contributed by atoms with Crippen LogP contribution in [0.15, 0.2) is 28.8 Å². The van der Waals surface area contributed by atoms with E-state index in [0.29, 0.717) is 11.7 Å². The van der Waals surface area contributed by atoms with Gasteiger partial charge in [0.25, 0.3) is 0 Å². The fraction of sp³-hybridized carbons (Fsp3) is 0.438. The Balaban J connectivity index is 1.68. The fourth-order valence-corrected chi connectivity index (χ4v) is 2.29. The third-order valence-electron chi connectivity index (χ3n) is 3.96. The standard InChI is InChI=1S/C16H19N3O2/c1-10-6-8-12(9-7-10)14-18-16(21-19-14)11(2)17-15(20)13-4-3-5-13/h6-9,11,13H,3-5H2,1-2H3,(H,17,20)/t11-/m0/s1. The van der Waals surface area contributed by atoms with E-state index in [1.165, 1.54) is 5.56 Å². The largest absolute Gasteiger partial charge is 0.344 e. The van der Waals surface area contributed by atoms with E-state index in [9.17, 15) is 4.79 Å². The number of nitrogens with zero attached hydrogens (tertiary/aromatic N) is 2. The van der Waals surface area contributed by atoms with E-state index < -0.39 is 0 Å². The van der Waals surface area contributed by atoms with Crippen molar-refractivity contribution >= 4 is 5.91 Å². The first-order valence-corrected chi connectivity index (χ1v) is 7.34. The molecule has 1 heterocycles. The number of hydrogen-bond donors (Lipinski definition) is 1. The SMILES string of the molecule is Cc1ccc(-c2noc([C@H](C)NC(=O)C3CCC3)n2)cc1. The molecule has 1 fully saturated rings. The van der Waals surface area contributed by atoms with Crippen LogP contribution in [-0.2, 0) is 4.79 Å². The Kier molecular flexibility index (Phi) is 3.73. The average molecular weight is 285 g/mol. The molecule has 1 aromatic heterocycles. The molecule has 0 radical (unpaired) electrons. The maximum atomic E-state index is 11.9. The zero-order valence-electron chi connectivity index (χ0n) is 12.3. The maximum absolute atomic E-state index is 11.9. The first-order valence-electron chi connectivity index (χ1n) is 7.34. The van der Waals surface area contributed by atoms with Gasteiger partial charge < -0.3 is 9.84 Å². The lowest BCUT2D eigenvalue weighted by molar-refractivity contribution is -0.128. The molecule has 0 bridgehead atoms. The molecule has 0 saturated heterocycles. The van der Waals surface area contributed by atoms with Crippen molar-refractivity contribution in [2.24, 2.45) is 5.92 Å². The van der Waals surface area contributed by atoms with Crippen molar-refractivity contribution in [3.8, 4) is 11.4 Å². The first-order chi connectivity index (χ1) is 10.1. The molecule has 1 aromatic carbocycles. The van der Waals surface area contributed by atoms with Crippen molar-refractivity contribution < 1.29 is 9.32 Å². The lowest BCUT2D eigenvalue weighted by Crippen LogP contribution is -2.36. The zero-order chi connectivity index (χ0) is 14.8. The molecule has 1 aliphatic rings. The Hall–Kier alpha value is -2.17. The Labute approximate surface area is 123 Å². The third-order valence-corrected chi connectivity index (χ3v) is 3.96. The number of carbonyl (C=O) groups is 1. The van der Waals surface area contributed by atoms with Crippen molar-refractivity contribution in [2.45, 2.75) is 39.2 Å². The van der Waals surface area contributed by atoms with Crippen LogP contribution in [0.4, 0.5) is 0 Å². The second-order valence-corrected chi connectivity index (χ2v) is 5.68. The quantitative estimate of drug-likeness (QED) is 0.937. The van der Waals surface area contributed by atoms with Gasteiger partial charge in [0.05, 0.1) is 0 Å². The number of rotatable bonds is 4. The number of aromatic nitrogens is 2. The first kappa shape index (κ1) is 13.8. The number of nitrogens with one attached hydrogen (secondary N) is 1. The van der Waals surface area contributed by atoms with Crippen molar-refractivity contribution in [3.63, 3.8) is 0 Å². The summed E-state index contributed by atoms with van der Waals surface area (Å²) < 4.78 is 5.27. The van der Waals surface area contributed by atoms with Crippen LogP contribution in [0.3, 0.4) is 0 Å². The number of benzene rings is 1. The predicted octanol–water partition coefficient (Wildman–Crippen LogP) is 3.02. The minimum atomic E-state index is -0.259. The molecule has 0 unspecified atom stereocenters. The van der Waals surface area contributed by atoms with Gasteiger partial charge in [0.2, 0.25) is 17.6 Å². The predicted molar refractivity (Wildman–Crippen MR) is 78.4 cm³/mol. The van der Waals surface area contributed by atoms with Gasteiger partial charge in [-0.2, -0.15) is 4.98 Å². The molecular weight excluding hydrogens is 266 g/mol. The summed E-state index contributed by atoms with van der Waals surface area (Å²) in [6.07, 6.45) is 3.11. The van der Waals surface area contributed by atoms with Gasteiger partial charge in [0.15, 0.2) is 0 Å². The molecule has 1 aliphatic carbocycles. The Morgan fingerprint density at radius 3 is 2.67 bits per heavy atom. The van der Waals surface area contributed by atoms with Crippen LogP contribution >= 0.6 is 0 Å². The van der Waals surface area contributed by atoms with E-state index in [2.05, 4.69) is 15.5 Å². The van der Waals surface area contributed by atoms with Crippen LogP contribution in [0.1, 0.15) is 43.7 Å². The molecule has 0 aliphatic heterocycles. The summed E-state index contributed by atoms with van der Waals surface area (Å²) in [4.78, 5) is 16.3. The maximum Gasteiger partial charge on any atom is 0.249 e. The fourth-order valence-electron chi connectivity index (χ4n) is 2.29. The van der Waals surface area contributed by atoms with E-state index >= 15 is 0 Å². The summed E-state index contributed by atoms with van der Waals surface area (Å²) in [6, 6.07) is 7.67. The molecule has 1 N–H and O–H groups in total. The van der Waals surface area contributed by atoms with Crippen molar-refractivity contribution in [2.75, 3.05) is 0 Å². The summed E-state index contributed by atoms with van der Waals surface area (Å²) in [6.45, 7) is 3.90. The highest BCUT2D eigenvalue weighted by atomic mass is 16.5. The molecule has 5 heteroatoms. The van der Waals surface area contributed by atoms with Gasteiger partial charge in [0, 0.05) is 11.5 Å². The highest BCUT2D eigenvalue weighted by Crippen LogP contribution is 2.27. The van der Waals surface area contributed by atoms with Crippen LogP contribution in [0, 0.1) is 12.8 Å².